The van der Waals surface area contributed by atoms with Gasteiger partial charge >= 0.3 is 0 Å². The van der Waals surface area contributed by atoms with Crippen LogP contribution in [0.25, 0.3) is 10.8 Å². The zero-order valence-corrected chi connectivity index (χ0v) is 12.9. The fourth-order valence-corrected chi connectivity index (χ4v) is 2.30. The van der Waals surface area contributed by atoms with Crippen LogP contribution in [0, 0.1) is 0 Å². The Balaban J connectivity index is 1.85. The number of hydrogen-bond acceptors (Lipinski definition) is 6. The Labute approximate surface area is 137 Å². The normalized spacial score (nSPS) is 11.0. The van der Waals surface area contributed by atoms with Crippen molar-refractivity contribution < 1.29 is 9.84 Å². The number of aromatic hydroxyl groups is 1. The van der Waals surface area contributed by atoms with Crippen LogP contribution in [0.4, 0.5) is 5.82 Å². The van der Waals surface area contributed by atoms with Crippen LogP contribution >= 0.6 is 11.6 Å². The number of nitrogens with one attached hydrogen (secondary N) is 1. The Bertz CT molecular complexity index is 883. The van der Waals surface area contributed by atoms with Crippen molar-refractivity contribution >= 4 is 34.4 Å². The molecule has 3 aromatic rings. The number of hydrazone groups is 1. The molecule has 116 valence electrons. The molecule has 7 heteroatoms. The number of ether oxygens (including phenoxy) is 1. The number of nitrogens with zero attached hydrogens (tertiary/aromatic N) is 3. The molecule has 6 nitrogen and oxygen atoms in total. The molecule has 2 aromatic carbocycles. The number of rotatable bonds is 4. The Hall–Kier alpha value is -2.86. The average Bonchev–Trinajstić information content (AvgIpc) is 2.58. The molecule has 1 heterocycles. The SMILES string of the molecule is COc1cc(C=NNc2nnc(Cl)c3ccccc23)ccc1O. The summed E-state index contributed by atoms with van der Waals surface area (Å²) >= 11 is 6.03. The quantitative estimate of drug-likeness (QED) is 0.566. The average molecular weight is 329 g/mol. The lowest BCUT2D eigenvalue weighted by Gasteiger charge is -2.05. The third-order valence-corrected chi connectivity index (χ3v) is 3.51. The first-order valence-corrected chi connectivity index (χ1v) is 7.14. The third-order valence-electron chi connectivity index (χ3n) is 3.23. The lowest BCUT2D eigenvalue weighted by atomic mass is 10.2. The molecule has 0 aliphatic heterocycles. The number of halogens is 1. The van der Waals surface area contributed by atoms with Crippen LogP contribution in [0.3, 0.4) is 0 Å². The maximum atomic E-state index is 9.57. The minimum atomic E-state index is 0.0761. The lowest BCUT2D eigenvalue weighted by molar-refractivity contribution is 0.373. The third kappa shape index (κ3) is 3.17. The smallest absolute Gasteiger partial charge is 0.176 e. The van der Waals surface area contributed by atoms with Crippen molar-refractivity contribution in [2.24, 2.45) is 5.10 Å². The van der Waals surface area contributed by atoms with Crippen molar-refractivity contribution in [2.75, 3.05) is 12.5 Å². The van der Waals surface area contributed by atoms with Crippen LogP contribution in [0.2, 0.25) is 5.15 Å². The molecule has 0 saturated heterocycles. The number of benzene rings is 2. The van der Waals surface area contributed by atoms with Gasteiger partial charge in [-0.15, -0.1) is 10.2 Å². The molecule has 0 amide bonds. The molecule has 0 aliphatic rings. The first kappa shape index (κ1) is 15.1. The van der Waals surface area contributed by atoms with Crippen LogP contribution in [0.1, 0.15) is 5.56 Å². The molecule has 0 bridgehead atoms. The van der Waals surface area contributed by atoms with E-state index in [0.717, 1.165) is 16.3 Å². The van der Waals surface area contributed by atoms with Crippen molar-refractivity contribution in [1.82, 2.24) is 10.2 Å². The molecule has 2 N–H and O–H groups in total. The summed E-state index contributed by atoms with van der Waals surface area (Å²) in [6.45, 7) is 0. The number of phenols is 1. The van der Waals surface area contributed by atoms with E-state index in [1.54, 1.807) is 18.3 Å². The van der Waals surface area contributed by atoms with E-state index in [0.29, 0.717) is 16.7 Å². The molecular formula is C16H13ClN4O2. The Morgan fingerprint density at radius 2 is 1.96 bits per heavy atom. The summed E-state index contributed by atoms with van der Waals surface area (Å²) in [4.78, 5) is 0. The fraction of sp³-hybridized carbons (Fsp3) is 0.0625. The molecule has 0 atom stereocenters. The number of anilines is 1. The molecule has 0 radical (unpaired) electrons. The molecule has 23 heavy (non-hydrogen) atoms. The van der Waals surface area contributed by atoms with E-state index in [1.165, 1.54) is 13.2 Å². The molecule has 3 rings (SSSR count). The predicted octanol–water partition coefficient (Wildman–Crippen LogP) is 3.44. The fourth-order valence-electron chi connectivity index (χ4n) is 2.10. The molecular weight excluding hydrogens is 316 g/mol. The highest BCUT2D eigenvalue weighted by molar-refractivity contribution is 6.34. The van der Waals surface area contributed by atoms with Gasteiger partial charge in [0.2, 0.25) is 0 Å². The van der Waals surface area contributed by atoms with Gasteiger partial charge in [0.1, 0.15) is 0 Å². The van der Waals surface area contributed by atoms with E-state index in [4.69, 9.17) is 16.3 Å². The van der Waals surface area contributed by atoms with E-state index in [9.17, 15) is 5.11 Å². The van der Waals surface area contributed by atoms with Gasteiger partial charge in [0.15, 0.2) is 22.5 Å². The second kappa shape index (κ2) is 6.50. The number of fused-ring (bicyclic) bond motifs is 1. The van der Waals surface area contributed by atoms with Crippen LogP contribution in [-0.4, -0.2) is 28.6 Å². The number of hydrogen-bond donors (Lipinski definition) is 2. The number of methoxy groups -OCH3 is 1. The first-order valence-electron chi connectivity index (χ1n) is 6.76. The molecule has 1 aromatic heterocycles. The Kier molecular flexibility index (Phi) is 4.25. The maximum Gasteiger partial charge on any atom is 0.176 e. The van der Waals surface area contributed by atoms with E-state index in [-0.39, 0.29) is 5.75 Å². The minimum Gasteiger partial charge on any atom is -0.504 e. The Morgan fingerprint density at radius 1 is 1.17 bits per heavy atom. The predicted molar refractivity (Wildman–Crippen MR) is 90.4 cm³/mol. The Morgan fingerprint density at radius 3 is 2.74 bits per heavy atom. The van der Waals surface area contributed by atoms with Crippen molar-refractivity contribution in [1.29, 1.82) is 0 Å². The lowest BCUT2D eigenvalue weighted by Crippen LogP contribution is -1.97. The highest BCUT2D eigenvalue weighted by Crippen LogP contribution is 2.26. The summed E-state index contributed by atoms with van der Waals surface area (Å²) in [5.41, 5.74) is 3.61. The van der Waals surface area contributed by atoms with Crippen molar-refractivity contribution in [2.45, 2.75) is 0 Å². The van der Waals surface area contributed by atoms with E-state index < -0.39 is 0 Å². The standard InChI is InChI=1S/C16H13ClN4O2/c1-23-14-8-10(6-7-13(14)22)9-18-20-16-12-5-3-2-4-11(12)15(17)19-21-16/h2-9,22H,1H3,(H,20,21). The van der Waals surface area contributed by atoms with Gasteiger partial charge in [-0.25, -0.2) is 0 Å². The van der Waals surface area contributed by atoms with Crippen molar-refractivity contribution in [3.8, 4) is 11.5 Å². The summed E-state index contributed by atoms with van der Waals surface area (Å²) in [6, 6.07) is 12.5. The van der Waals surface area contributed by atoms with Gasteiger partial charge in [0.25, 0.3) is 0 Å². The maximum absolute atomic E-state index is 9.57. The van der Waals surface area contributed by atoms with Gasteiger partial charge in [0.05, 0.1) is 13.3 Å². The van der Waals surface area contributed by atoms with Crippen LogP contribution in [0.5, 0.6) is 11.5 Å². The van der Waals surface area contributed by atoms with Gasteiger partial charge in [-0.05, 0) is 23.8 Å². The number of aromatic nitrogens is 2. The van der Waals surface area contributed by atoms with E-state index >= 15 is 0 Å². The molecule has 0 aliphatic carbocycles. The van der Waals surface area contributed by atoms with Crippen LogP contribution in [-0.2, 0) is 0 Å². The summed E-state index contributed by atoms with van der Waals surface area (Å²) in [7, 11) is 1.49. The minimum absolute atomic E-state index is 0.0761. The van der Waals surface area contributed by atoms with Gasteiger partial charge in [-0.3, -0.25) is 5.43 Å². The number of phenolic OH excluding ortho intramolecular Hbond substituents is 1. The molecule has 0 spiro atoms. The second-order valence-electron chi connectivity index (χ2n) is 4.69. The topological polar surface area (TPSA) is 79.6 Å². The zero-order chi connectivity index (χ0) is 16.2. The molecule has 0 saturated carbocycles. The van der Waals surface area contributed by atoms with E-state index in [1.807, 2.05) is 24.3 Å². The van der Waals surface area contributed by atoms with Gasteiger partial charge in [-0.1, -0.05) is 35.9 Å². The van der Waals surface area contributed by atoms with Crippen molar-refractivity contribution in [3.05, 3.63) is 53.2 Å². The van der Waals surface area contributed by atoms with Gasteiger partial charge < -0.3 is 9.84 Å². The largest absolute Gasteiger partial charge is 0.504 e. The summed E-state index contributed by atoms with van der Waals surface area (Å²) in [6.07, 6.45) is 1.59. The molecule has 0 unspecified atom stereocenters. The summed E-state index contributed by atoms with van der Waals surface area (Å²) in [5, 5.41) is 23.6. The van der Waals surface area contributed by atoms with Crippen LogP contribution < -0.4 is 10.2 Å². The summed E-state index contributed by atoms with van der Waals surface area (Å²) in [5.74, 6) is 0.963. The molecule has 0 fully saturated rings. The second-order valence-corrected chi connectivity index (χ2v) is 5.04. The highest BCUT2D eigenvalue weighted by atomic mass is 35.5. The van der Waals surface area contributed by atoms with Crippen LogP contribution in [0.15, 0.2) is 47.6 Å². The van der Waals surface area contributed by atoms with E-state index in [2.05, 4.69) is 20.7 Å². The van der Waals surface area contributed by atoms with Gasteiger partial charge in [-0.2, -0.15) is 5.10 Å². The van der Waals surface area contributed by atoms with Crippen molar-refractivity contribution in [3.63, 3.8) is 0 Å². The monoisotopic (exact) mass is 328 g/mol. The van der Waals surface area contributed by atoms with Gasteiger partial charge in [0, 0.05) is 10.8 Å². The zero-order valence-electron chi connectivity index (χ0n) is 12.2. The highest BCUT2D eigenvalue weighted by Gasteiger charge is 2.06. The first-order chi connectivity index (χ1) is 11.2. The summed E-state index contributed by atoms with van der Waals surface area (Å²) < 4.78 is 5.05.